The number of aliphatic hydroxyl groups is 2. The first kappa shape index (κ1) is 36.5. The summed E-state index contributed by atoms with van der Waals surface area (Å²) in [6.07, 6.45) is 6.20. The molecule has 12 nitrogen and oxygen atoms in total. The zero-order valence-corrected chi connectivity index (χ0v) is 31.7. The topological polar surface area (TPSA) is 147 Å². The van der Waals surface area contributed by atoms with Crippen molar-refractivity contribution in [3.05, 3.63) is 129 Å². The lowest BCUT2D eigenvalue weighted by molar-refractivity contribution is -0.142. The molecule has 0 spiro atoms. The van der Waals surface area contributed by atoms with Crippen LogP contribution >= 0.6 is 11.3 Å². The van der Waals surface area contributed by atoms with Gasteiger partial charge in [-0.15, -0.1) is 11.3 Å². The lowest BCUT2D eigenvalue weighted by Gasteiger charge is -2.43. The van der Waals surface area contributed by atoms with Gasteiger partial charge in [0.05, 0.1) is 29.8 Å². The molecule has 0 saturated carbocycles. The molecule has 2 amide bonds. The van der Waals surface area contributed by atoms with Gasteiger partial charge >= 0.3 is 0 Å². The number of fused-ring (bicyclic) bond motifs is 1. The average Bonchev–Trinajstić information content (AvgIpc) is 3.83. The SMILES string of the molecule is Cc1ccc(-c2nc(C)c(C(=O)N3CC[C@@H](C(=O)N4CCC(O)(Cn5cnc6c(ccn6-c6ccc(CO)cc6)c5=O)CC4)[C@H](c4ccccc4)C3)s2)cn1. The highest BCUT2D eigenvalue weighted by Crippen LogP contribution is 2.37. The zero-order chi connectivity index (χ0) is 38.3. The van der Waals surface area contributed by atoms with Crippen molar-refractivity contribution in [2.45, 2.75) is 57.8 Å². The van der Waals surface area contributed by atoms with Crippen LogP contribution in [0.3, 0.4) is 0 Å². The van der Waals surface area contributed by atoms with Gasteiger partial charge in [-0.2, -0.15) is 0 Å². The minimum atomic E-state index is -1.19. The van der Waals surface area contributed by atoms with Crippen molar-refractivity contribution in [2.24, 2.45) is 5.92 Å². The van der Waals surface area contributed by atoms with E-state index in [0.29, 0.717) is 67.0 Å². The normalized spacial score (nSPS) is 18.5. The Morgan fingerprint density at radius 3 is 2.40 bits per heavy atom. The first-order valence-electron chi connectivity index (χ1n) is 18.6. The van der Waals surface area contributed by atoms with Crippen molar-refractivity contribution >= 4 is 34.2 Å². The lowest BCUT2D eigenvalue weighted by atomic mass is 9.79. The summed E-state index contributed by atoms with van der Waals surface area (Å²) in [5, 5.41) is 22.3. The number of hydrogen-bond acceptors (Lipinski definition) is 9. The van der Waals surface area contributed by atoms with E-state index in [0.717, 1.165) is 33.1 Å². The van der Waals surface area contributed by atoms with Crippen molar-refractivity contribution in [3.63, 3.8) is 0 Å². The van der Waals surface area contributed by atoms with Gasteiger partial charge < -0.3 is 24.6 Å². The van der Waals surface area contributed by atoms with E-state index in [1.807, 2.05) is 94.9 Å². The molecule has 6 aromatic rings. The molecule has 2 N–H and O–H groups in total. The second-order valence-corrected chi connectivity index (χ2v) is 15.8. The van der Waals surface area contributed by atoms with E-state index in [1.54, 1.807) is 18.5 Å². The maximum absolute atomic E-state index is 14.3. The summed E-state index contributed by atoms with van der Waals surface area (Å²) in [4.78, 5) is 59.8. The number of hydrogen-bond donors (Lipinski definition) is 2. The second kappa shape index (κ2) is 15.0. The summed E-state index contributed by atoms with van der Waals surface area (Å²) in [5.41, 5.74) is 4.17. The number of amides is 2. The fourth-order valence-electron chi connectivity index (χ4n) is 7.92. The number of aryl methyl sites for hydroxylation is 2. The summed E-state index contributed by atoms with van der Waals surface area (Å²) >= 11 is 1.38. The van der Waals surface area contributed by atoms with Crippen LogP contribution in [0.1, 0.15) is 57.4 Å². The number of nitrogens with zero attached hydrogens (tertiary/aromatic N) is 7. The third kappa shape index (κ3) is 7.22. The number of likely N-dealkylation sites (tertiary alicyclic amines) is 2. The van der Waals surface area contributed by atoms with E-state index in [1.165, 1.54) is 22.2 Å². The van der Waals surface area contributed by atoms with E-state index >= 15 is 0 Å². The molecule has 4 aromatic heterocycles. The van der Waals surface area contributed by atoms with Crippen molar-refractivity contribution in [2.75, 3.05) is 26.2 Å². The molecule has 2 aliphatic heterocycles. The number of thiazole rings is 1. The standard InChI is InChI=1S/C42H43N7O5S/c1-27-8-11-31(22-43-27)38-45-28(2)36(55-38)41(53)47-18-14-33(35(23-47)30-6-4-3-5-7-30)39(51)46-20-16-42(54,17-21-46)25-48-26-44-37-34(40(48)52)15-19-49(37)32-12-9-29(24-50)10-13-32/h3-13,15,19,22,26,33,35,50,54H,14,16-18,20-21,23-25H2,1-2H3/t33-,35+/m1/s1. The average molecular weight is 758 g/mol. The monoisotopic (exact) mass is 757 g/mol. The van der Waals surface area contributed by atoms with Crippen molar-refractivity contribution in [3.8, 4) is 16.3 Å². The number of pyridine rings is 1. The Hall–Kier alpha value is -5.50. The van der Waals surface area contributed by atoms with Gasteiger partial charge in [0.15, 0.2) is 5.65 Å². The molecule has 0 radical (unpaired) electrons. The Kier molecular flexibility index (Phi) is 9.93. The van der Waals surface area contributed by atoms with Gasteiger partial charge in [0, 0.05) is 67.4 Å². The Bertz CT molecular complexity index is 2400. The first-order valence-corrected chi connectivity index (χ1v) is 19.4. The molecule has 282 valence electrons. The van der Waals surface area contributed by atoms with Crippen molar-refractivity contribution in [1.82, 2.24) is 33.9 Å². The molecular weight excluding hydrogens is 715 g/mol. The van der Waals surface area contributed by atoms with E-state index in [9.17, 15) is 24.6 Å². The number of piperidine rings is 2. The van der Waals surface area contributed by atoms with Gasteiger partial charge in [0.2, 0.25) is 5.91 Å². The molecule has 55 heavy (non-hydrogen) atoms. The van der Waals surface area contributed by atoms with Crippen LogP contribution in [0.15, 0.2) is 96.3 Å². The number of aromatic nitrogens is 5. The number of aliphatic hydroxyl groups excluding tert-OH is 1. The van der Waals surface area contributed by atoms with Crippen LogP contribution < -0.4 is 5.56 Å². The summed E-state index contributed by atoms with van der Waals surface area (Å²) < 4.78 is 3.29. The summed E-state index contributed by atoms with van der Waals surface area (Å²) in [6.45, 7) is 5.38. The van der Waals surface area contributed by atoms with Crippen LogP contribution in [-0.4, -0.2) is 87.7 Å². The minimum absolute atomic E-state index is 0.0275. The number of carbonyl (C=O) groups excluding carboxylic acids is 2. The predicted molar refractivity (Wildman–Crippen MR) is 210 cm³/mol. The third-order valence-corrected chi connectivity index (χ3v) is 12.3. The third-order valence-electron chi connectivity index (χ3n) is 11.1. The maximum Gasteiger partial charge on any atom is 0.265 e. The molecular formula is C42H43N7O5S. The van der Waals surface area contributed by atoms with Crippen molar-refractivity contribution < 1.29 is 19.8 Å². The van der Waals surface area contributed by atoms with E-state index in [-0.39, 0.29) is 42.4 Å². The molecule has 0 aliphatic carbocycles. The van der Waals surface area contributed by atoms with Crippen LogP contribution in [0.5, 0.6) is 0 Å². The molecule has 2 fully saturated rings. The number of benzene rings is 2. The summed E-state index contributed by atoms with van der Waals surface area (Å²) in [7, 11) is 0. The van der Waals surface area contributed by atoms with Gasteiger partial charge in [0.25, 0.3) is 11.5 Å². The Morgan fingerprint density at radius 1 is 0.927 bits per heavy atom. The molecule has 2 atom stereocenters. The molecule has 2 aliphatic rings. The fourth-order valence-corrected chi connectivity index (χ4v) is 8.94. The quantitative estimate of drug-likeness (QED) is 0.218. The summed E-state index contributed by atoms with van der Waals surface area (Å²) in [5.74, 6) is -0.572. The summed E-state index contributed by atoms with van der Waals surface area (Å²) in [6, 6.07) is 22.9. The molecule has 8 rings (SSSR count). The van der Waals surface area contributed by atoms with Crippen LogP contribution in [0, 0.1) is 19.8 Å². The Labute approximate surface area is 322 Å². The highest BCUT2D eigenvalue weighted by molar-refractivity contribution is 7.17. The van der Waals surface area contributed by atoms with Gasteiger partial charge in [0.1, 0.15) is 16.2 Å². The van der Waals surface area contributed by atoms with Gasteiger partial charge in [-0.3, -0.25) is 23.9 Å². The maximum atomic E-state index is 14.3. The minimum Gasteiger partial charge on any atom is -0.392 e. The van der Waals surface area contributed by atoms with Gasteiger partial charge in [-0.25, -0.2) is 9.97 Å². The van der Waals surface area contributed by atoms with Crippen LogP contribution in [0.2, 0.25) is 0 Å². The van der Waals surface area contributed by atoms with Crippen LogP contribution in [-0.2, 0) is 17.9 Å². The highest BCUT2D eigenvalue weighted by atomic mass is 32.1. The number of rotatable bonds is 8. The van der Waals surface area contributed by atoms with E-state index in [2.05, 4.69) is 9.97 Å². The molecule has 0 unspecified atom stereocenters. The molecule has 2 aromatic carbocycles. The zero-order valence-electron chi connectivity index (χ0n) is 30.8. The first-order chi connectivity index (χ1) is 26.6. The van der Waals surface area contributed by atoms with Gasteiger partial charge in [-0.05, 0) is 74.6 Å². The number of carbonyl (C=O) groups is 2. The van der Waals surface area contributed by atoms with E-state index in [4.69, 9.17) is 4.98 Å². The second-order valence-electron chi connectivity index (χ2n) is 14.8. The van der Waals surface area contributed by atoms with Crippen LogP contribution in [0.25, 0.3) is 27.3 Å². The molecule has 2 saturated heterocycles. The molecule has 13 heteroatoms. The largest absolute Gasteiger partial charge is 0.392 e. The Balaban J connectivity index is 0.947. The lowest BCUT2D eigenvalue weighted by Crippen LogP contribution is -2.53. The van der Waals surface area contributed by atoms with E-state index < -0.39 is 5.60 Å². The van der Waals surface area contributed by atoms with Crippen LogP contribution in [0.4, 0.5) is 0 Å². The highest BCUT2D eigenvalue weighted by Gasteiger charge is 2.42. The smallest absolute Gasteiger partial charge is 0.265 e. The fraction of sp³-hybridized carbons (Fsp3) is 0.333. The Morgan fingerprint density at radius 2 is 1.69 bits per heavy atom. The van der Waals surface area contributed by atoms with Gasteiger partial charge in [-0.1, -0.05) is 42.5 Å². The molecule has 0 bridgehead atoms. The van der Waals surface area contributed by atoms with Crippen molar-refractivity contribution in [1.29, 1.82) is 0 Å². The molecule has 6 heterocycles. The predicted octanol–water partition coefficient (Wildman–Crippen LogP) is 5.11.